The second-order valence-corrected chi connectivity index (χ2v) is 3.43. The molecule has 0 aliphatic rings. The van der Waals surface area contributed by atoms with E-state index in [9.17, 15) is 18.0 Å². The average Bonchev–Trinajstić information content (AvgIpc) is 2.27. The summed E-state index contributed by atoms with van der Waals surface area (Å²) in [5, 5.41) is 0. The molecule has 1 N–H and O–H groups in total. The Labute approximate surface area is 101 Å². The molecule has 0 amide bonds. The van der Waals surface area contributed by atoms with Crippen molar-refractivity contribution in [1.29, 1.82) is 0 Å². The molecule has 18 heavy (non-hydrogen) atoms. The molecule has 1 aromatic rings. The van der Waals surface area contributed by atoms with Crippen molar-refractivity contribution in [3.8, 4) is 0 Å². The summed E-state index contributed by atoms with van der Waals surface area (Å²) in [6.45, 7) is 7.46. The summed E-state index contributed by atoms with van der Waals surface area (Å²) in [5.41, 5.74) is -2.08. The van der Waals surface area contributed by atoms with Gasteiger partial charge >= 0.3 is 6.18 Å². The van der Waals surface area contributed by atoms with Crippen LogP contribution in [-0.2, 0) is 6.18 Å². The quantitative estimate of drug-likeness (QED) is 0.822. The van der Waals surface area contributed by atoms with Crippen LogP contribution in [0, 0.1) is 0 Å². The maximum Gasteiger partial charge on any atom is 0.433 e. The van der Waals surface area contributed by atoms with Crippen LogP contribution in [0.1, 0.15) is 5.69 Å². The molecule has 1 aromatic heterocycles. The first-order valence-electron chi connectivity index (χ1n) is 5.03. The van der Waals surface area contributed by atoms with Crippen molar-refractivity contribution in [3.63, 3.8) is 0 Å². The van der Waals surface area contributed by atoms with E-state index >= 15 is 0 Å². The Morgan fingerprint density at radius 1 is 1.33 bits per heavy atom. The third kappa shape index (κ3) is 3.47. The van der Waals surface area contributed by atoms with Crippen LogP contribution in [0.4, 0.5) is 19.1 Å². The van der Waals surface area contributed by atoms with Gasteiger partial charge in [-0.1, -0.05) is 12.2 Å². The van der Waals surface area contributed by atoms with Crippen molar-refractivity contribution < 1.29 is 13.2 Å². The maximum absolute atomic E-state index is 12.5. The summed E-state index contributed by atoms with van der Waals surface area (Å²) in [6, 6.07) is 0.420. The molecular weight excluding hydrogens is 247 g/mol. The Kier molecular flexibility index (Phi) is 4.30. The van der Waals surface area contributed by atoms with Crippen molar-refractivity contribution in [2.75, 3.05) is 18.0 Å². The lowest BCUT2D eigenvalue weighted by Crippen LogP contribution is -2.29. The van der Waals surface area contributed by atoms with Gasteiger partial charge in [0.1, 0.15) is 0 Å². The number of H-pyrrole nitrogens is 1. The van der Waals surface area contributed by atoms with E-state index in [1.54, 1.807) is 0 Å². The first-order valence-corrected chi connectivity index (χ1v) is 5.03. The molecule has 0 radical (unpaired) electrons. The number of hydrogen-bond donors (Lipinski definition) is 1. The Balaban J connectivity index is 3.22. The molecule has 0 fully saturated rings. The monoisotopic (exact) mass is 259 g/mol. The number of nitrogens with zero attached hydrogens (tertiary/aromatic N) is 2. The van der Waals surface area contributed by atoms with Crippen LogP contribution in [0.3, 0.4) is 0 Å². The van der Waals surface area contributed by atoms with E-state index in [-0.39, 0.29) is 19.0 Å². The molecule has 0 aliphatic carbocycles. The van der Waals surface area contributed by atoms with Gasteiger partial charge in [-0.15, -0.1) is 13.2 Å². The molecule has 0 spiro atoms. The highest BCUT2D eigenvalue weighted by molar-refractivity contribution is 5.33. The van der Waals surface area contributed by atoms with E-state index in [1.807, 2.05) is 0 Å². The molecule has 0 unspecified atom stereocenters. The normalized spacial score (nSPS) is 11.1. The van der Waals surface area contributed by atoms with Crippen LogP contribution in [0.5, 0.6) is 0 Å². The lowest BCUT2D eigenvalue weighted by atomic mass is 10.4. The van der Waals surface area contributed by atoms with E-state index < -0.39 is 17.4 Å². The van der Waals surface area contributed by atoms with Gasteiger partial charge in [-0.3, -0.25) is 9.78 Å². The van der Waals surface area contributed by atoms with Crippen molar-refractivity contribution in [2.24, 2.45) is 0 Å². The fraction of sp³-hybridized carbons (Fsp3) is 0.273. The van der Waals surface area contributed by atoms with Crippen molar-refractivity contribution in [1.82, 2.24) is 9.97 Å². The van der Waals surface area contributed by atoms with E-state index in [1.165, 1.54) is 17.1 Å². The van der Waals surface area contributed by atoms with Crippen LogP contribution in [0.25, 0.3) is 0 Å². The Bertz CT molecular complexity index is 483. The summed E-state index contributed by atoms with van der Waals surface area (Å²) >= 11 is 0. The molecule has 1 rings (SSSR count). The summed E-state index contributed by atoms with van der Waals surface area (Å²) in [7, 11) is 0. The molecule has 0 aromatic carbocycles. The minimum atomic E-state index is -4.66. The van der Waals surface area contributed by atoms with E-state index in [4.69, 9.17) is 0 Å². The average molecular weight is 259 g/mol. The zero-order chi connectivity index (χ0) is 13.8. The van der Waals surface area contributed by atoms with E-state index in [0.29, 0.717) is 6.07 Å². The molecule has 0 bridgehead atoms. The minimum absolute atomic E-state index is 0.158. The SMILES string of the molecule is C=CCN(CC=C)c1nc(C(F)(F)F)cc(=O)[nH]1. The third-order valence-corrected chi connectivity index (χ3v) is 2.02. The predicted molar refractivity (Wildman–Crippen MR) is 62.5 cm³/mol. The summed E-state index contributed by atoms with van der Waals surface area (Å²) < 4.78 is 37.5. The number of aromatic amines is 1. The topological polar surface area (TPSA) is 49.0 Å². The van der Waals surface area contributed by atoms with Gasteiger partial charge in [0.15, 0.2) is 5.69 Å². The highest BCUT2D eigenvalue weighted by atomic mass is 19.4. The molecule has 0 atom stereocenters. The van der Waals surface area contributed by atoms with Gasteiger partial charge < -0.3 is 4.90 Å². The summed E-state index contributed by atoms with van der Waals surface area (Å²) in [5.74, 6) is -0.158. The second kappa shape index (κ2) is 5.52. The Morgan fingerprint density at radius 3 is 2.33 bits per heavy atom. The number of rotatable bonds is 5. The number of anilines is 1. The third-order valence-electron chi connectivity index (χ3n) is 2.02. The second-order valence-electron chi connectivity index (χ2n) is 3.43. The largest absolute Gasteiger partial charge is 0.433 e. The van der Waals surface area contributed by atoms with Crippen LogP contribution < -0.4 is 10.5 Å². The van der Waals surface area contributed by atoms with E-state index in [0.717, 1.165) is 0 Å². The lowest BCUT2D eigenvalue weighted by molar-refractivity contribution is -0.141. The minimum Gasteiger partial charge on any atom is -0.335 e. The van der Waals surface area contributed by atoms with E-state index in [2.05, 4.69) is 23.1 Å². The van der Waals surface area contributed by atoms with Crippen molar-refractivity contribution in [2.45, 2.75) is 6.18 Å². The highest BCUT2D eigenvalue weighted by Crippen LogP contribution is 2.27. The number of nitrogens with one attached hydrogen (secondary N) is 1. The van der Waals surface area contributed by atoms with Crippen LogP contribution >= 0.6 is 0 Å². The first kappa shape index (κ1) is 14.0. The molecule has 0 saturated carbocycles. The highest BCUT2D eigenvalue weighted by Gasteiger charge is 2.33. The van der Waals surface area contributed by atoms with Gasteiger partial charge in [0.2, 0.25) is 5.95 Å². The molecule has 0 saturated heterocycles. The van der Waals surface area contributed by atoms with Crippen LogP contribution in [-0.4, -0.2) is 23.1 Å². The van der Waals surface area contributed by atoms with Crippen LogP contribution in [0.15, 0.2) is 36.2 Å². The standard InChI is InChI=1S/C11H12F3N3O/c1-3-5-17(6-4-2)10-15-8(11(12,13)14)7-9(18)16-10/h3-4,7H,1-2,5-6H2,(H,15,16,18). The fourth-order valence-electron chi connectivity index (χ4n) is 1.30. The van der Waals surface area contributed by atoms with Crippen LogP contribution in [0.2, 0.25) is 0 Å². The fourth-order valence-corrected chi connectivity index (χ4v) is 1.30. The smallest absolute Gasteiger partial charge is 0.335 e. The van der Waals surface area contributed by atoms with Gasteiger partial charge in [0.25, 0.3) is 5.56 Å². The molecule has 0 aliphatic heterocycles. The number of hydrogen-bond acceptors (Lipinski definition) is 3. The van der Waals surface area contributed by atoms with Gasteiger partial charge in [0, 0.05) is 19.2 Å². The van der Waals surface area contributed by atoms with Gasteiger partial charge in [-0.05, 0) is 0 Å². The predicted octanol–water partition coefficient (Wildman–Crippen LogP) is 1.97. The van der Waals surface area contributed by atoms with Gasteiger partial charge in [-0.25, -0.2) is 4.98 Å². The van der Waals surface area contributed by atoms with Gasteiger partial charge in [-0.2, -0.15) is 13.2 Å². The summed E-state index contributed by atoms with van der Waals surface area (Å²) in [4.78, 5) is 18.3. The zero-order valence-corrected chi connectivity index (χ0v) is 9.50. The molecular formula is C11H12F3N3O. The first-order chi connectivity index (χ1) is 8.38. The number of aromatic nitrogens is 2. The lowest BCUT2D eigenvalue weighted by Gasteiger charge is -2.20. The molecule has 1 heterocycles. The molecule has 98 valence electrons. The van der Waals surface area contributed by atoms with Crippen molar-refractivity contribution >= 4 is 5.95 Å². The molecule has 7 heteroatoms. The summed E-state index contributed by atoms with van der Waals surface area (Å²) in [6.07, 6.45) is -1.68. The number of alkyl halides is 3. The number of halogens is 3. The molecule has 4 nitrogen and oxygen atoms in total. The zero-order valence-electron chi connectivity index (χ0n) is 9.50. The Morgan fingerprint density at radius 2 is 1.89 bits per heavy atom. The van der Waals surface area contributed by atoms with Gasteiger partial charge in [0.05, 0.1) is 0 Å². The van der Waals surface area contributed by atoms with Crippen molar-refractivity contribution in [3.05, 3.63) is 47.4 Å². The maximum atomic E-state index is 12.5. The Hall–Kier alpha value is -2.05.